The quantitative estimate of drug-likeness (QED) is 0.251. The van der Waals surface area contributed by atoms with E-state index >= 15 is 0 Å². The highest BCUT2D eigenvalue weighted by Gasteiger charge is 2.23. The number of aromatic nitrogens is 2. The molecule has 0 spiro atoms. The third kappa shape index (κ3) is 4.47. The fourth-order valence-electron chi connectivity index (χ4n) is 3.77. The molecular weight excluding hydrogens is 458 g/mol. The molecule has 2 aromatic heterocycles. The summed E-state index contributed by atoms with van der Waals surface area (Å²) in [7, 11) is 1.61. The minimum atomic E-state index is -0.407. The normalized spacial score (nSPS) is 11.1. The summed E-state index contributed by atoms with van der Waals surface area (Å²) in [5, 5.41) is 13.7. The molecule has 35 heavy (non-hydrogen) atoms. The van der Waals surface area contributed by atoms with Crippen LogP contribution in [0.5, 0.6) is 5.75 Å². The molecule has 2 heterocycles. The first-order valence-corrected chi connectivity index (χ1v) is 11.6. The first kappa shape index (κ1) is 22.2. The highest BCUT2D eigenvalue weighted by molar-refractivity contribution is 7.21. The van der Waals surface area contributed by atoms with E-state index in [1.165, 1.54) is 11.3 Å². The number of ether oxygens (including phenoxy) is 1. The number of hydrogen-bond acceptors (Lipinski definition) is 7. The van der Waals surface area contributed by atoms with Crippen molar-refractivity contribution in [2.24, 2.45) is 5.10 Å². The van der Waals surface area contributed by atoms with Gasteiger partial charge in [0.1, 0.15) is 21.2 Å². The molecule has 0 radical (unpaired) electrons. The van der Waals surface area contributed by atoms with Crippen LogP contribution < -0.4 is 15.9 Å². The van der Waals surface area contributed by atoms with Gasteiger partial charge in [-0.15, -0.1) is 21.5 Å². The number of rotatable bonds is 6. The van der Waals surface area contributed by atoms with E-state index in [2.05, 4.69) is 20.7 Å². The molecule has 0 saturated carbocycles. The van der Waals surface area contributed by atoms with Crippen LogP contribution >= 0.6 is 11.3 Å². The Bertz CT molecular complexity index is 1510. The number of nitrogen functional groups attached to an aromatic ring is 1. The van der Waals surface area contributed by atoms with E-state index in [1.807, 2.05) is 84.9 Å². The van der Waals surface area contributed by atoms with Crippen molar-refractivity contribution in [3.8, 4) is 28.1 Å². The van der Waals surface area contributed by atoms with E-state index in [1.54, 1.807) is 13.3 Å². The van der Waals surface area contributed by atoms with Gasteiger partial charge in [-0.25, -0.2) is 5.43 Å². The standard InChI is InChI=1S/C27H21N5O2S/c1-34-20-14-12-17(13-15-20)16-29-31-26(33)25-23(28)22-21(18-8-4-2-5-9-18)24(30-32-27(22)35-25)19-10-6-3-7-11-19/h2-16H,28H2,1H3,(H,31,33)/b29-16-. The van der Waals surface area contributed by atoms with E-state index in [0.717, 1.165) is 28.0 Å². The third-order valence-electron chi connectivity index (χ3n) is 5.47. The molecule has 0 unspecified atom stereocenters. The van der Waals surface area contributed by atoms with Crippen LogP contribution in [0.3, 0.4) is 0 Å². The summed E-state index contributed by atoms with van der Waals surface area (Å²) in [6, 6.07) is 27.0. The van der Waals surface area contributed by atoms with Crippen LogP contribution in [0.2, 0.25) is 0 Å². The number of thiophene rings is 1. The molecule has 3 N–H and O–H groups in total. The topological polar surface area (TPSA) is 102 Å². The third-order valence-corrected chi connectivity index (χ3v) is 6.55. The van der Waals surface area contributed by atoms with Crippen LogP contribution in [0.1, 0.15) is 15.2 Å². The summed E-state index contributed by atoms with van der Waals surface area (Å²) in [5.74, 6) is 0.338. The molecule has 5 rings (SSSR count). The zero-order valence-corrected chi connectivity index (χ0v) is 19.6. The number of carbonyl (C=O) groups excluding carboxylic acids is 1. The van der Waals surface area contributed by atoms with Gasteiger partial charge >= 0.3 is 0 Å². The van der Waals surface area contributed by atoms with Crippen molar-refractivity contribution < 1.29 is 9.53 Å². The Kier molecular flexibility index (Phi) is 6.19. The average Bonchev–Trinajstić information content (AvgIpc) is 3.26. The fraction of sp³-hybridized carbons (Fsp3) is 0.0370. The zero-order valence-electron chi connectivity index (χ0n) is 18.8. The van der Waals surface area contributed by atoms with E-state index in [0.29, 0.717) is 26.5 Å². The number of nitrogens with two attached hydrogens (primary N) is 1. The Morgan fingerprint density at radius 1 is 0.943 bits per heavy atom. The lowest BCUT2D eigenvalue weighted by Crippen LogP contribution is -2.17. The van der Waals surface area contributed by atoms with Crippen molar-refractivity contribution in [3.05, 3.63) is 95.4 Å². The SMILES string of the molecule is COc1ccc(/C=N\NC(=O)c2sc3nnc(-c4ccccc4)c(-c4ccccc4)c3c2N)cc1. The molecule has 0 fully saturated rings. The number of amides is 1. The Morgan fingerprint density at radius 3 is 2.26 bits per heavy atom. The van der Waals surface area contributed by atoms with Crippen molar-refractivity contribution in [2.75, 3.05) is 12.8 Å². The molecule has 0 atom stereocenters. The minimum Gasteiger partial charge on any atom is -0.497 e. The molecule has 0 bridgehead atoms. The summed E-state index contributed by atoms with van der Waals surface area (Å²) >= 11 is 1.19. The van der Waals surface area contributed by atoms with Crippen LogP contribution in [-0.4, -0.2) is 29.4 Å². The molecular formula is C27H21N5O2S. The largest absolute Gasteiger partial charge is 0.497 e. The molecule has 3 aromatic carbocycles. The number of nitrogens with one attached hydrogen (secondary N) is 1. The molecule has 0 aliphatic heterocycles. The maximum Gasteiger partial charge on any atom is 0.283 e. The highest BCUT2D eigenvalue weighted by atomic mass is 32.1. The predicted octanol–water partition coefficient (Wildman–Crippen LogP) is 5.38. The Hall–Kier alpha value is -4.56. The fourth-order valence-corrected chi connectivity index (χ4v) is 4.71. The Morgan fingerprint density at radius 2 is 1.60 bits per heavy atom. The van der Waals surface area contributed by atoms with E-state index in [-0.39, 0.29) is 0 Å². The lowest BCUT2D eigenvalue weighted by Gasteiger charge is -2.11. The van der Waals surface area contributed by atoms with E-state index < -0.39 is 5.91 Å². The van der Waals surface area contributed by atoms with Gasteiger partial charge in [0.05, 0.1) is 19.0 Å². The van der Waals surface area contributed by atoms with Crippen LogP contribution in [0.4, 0.5) is 5.69 Å². The van der Waals surface area contributed by atoms with Crippen LogP contribution in [0.15, 0.2) is 90.0 Å². The summed E-state index contributed by atoms with van der Waals surface area (Å²) in [6.45, 7) is 0. The van der Waals surface area contributed by atoms with Gasteiger partial charge in [-0.05, 0) is 35.4 Å². The van der Waals surface area contributed by atoms with Crippen molar-refractivity contribution in [2.45, 2.75) is 0 Å². The molecule has 0 saturated heterocycles. The minimum absolute atomic E-state index is 0.337. The van der Waals surface area contributed by atoms with E-state index in [4.69, 9.17) is 10.5 Å². The molecule has 8 heteroatoms. The lowest BCUT2D eigenvalue weighted by atomic mass is 9.96. The number of methoxy groups -OCH3 is 1. The summed E-state index contributed by atoms with van der Waals surface area (Å²) < 4.78 is 5.15. The second kappa shape index (κ2) is 9.74. The number of hydrogen-bond donors (Lipinski definition) is 2. The van der Waals surface area contributed by atoms with Gasteiger partial charge in [0.15, 0.2) is 0 Å². The monoisotopic (exact) mass is 479 g/mol. The maximum atomic E-state index is 13.0. The van der Waals surface area contributed by atoms with E-state index in [9.17, 15) is 4.79 Å². The van der Waals surface area contributed by atoms with Gasteiger partial charge < -0.3 is 10.5 Å². The van der Waals surface area contributed by atoms with Crippen LogP contribution in [0, 0.1) is 0 Å². The first-order valence-electron chi connectivity index (χ1n) is 10.8. The first-order chi connectivity index (χ1) is 17.2. The van der Waals surface area contributed by atoms with Gasteiger partial charge in [-0.2, -0.15) is 5.10 Å². The zero-order chi connectivity index (χ0) is 24.2. The molecule has 0 aliphatic rings. The van der Waals surface area contributed by atoms with Crippen LogP contribution in [0.25, 0.3) is 32.6 Å². The number of hydrazone groups is 1. The Balaban J connectivity index is 1.54. The van der Waals surface area contributed by atoms with Gasteiger partial charge in [0.2, 0.25) is 0 Å². The van der Waals surface area contributed by atoms with Gasteiger partial charge in [-0.3, -0.25) is 4.79 Å². The lowest BCUT2D eigenvalue weighted by molar-refractivity contribution is 0.0960. The molecule has 1 amide bonds. The summed E-state index contributed by atoms with van der Waals surface area (Å²) in [4.78, 5) is 13.9. The van der Waals surface area contributed by atoms with Gasteiger partial charge in [-0.1, -0.05) is 60.7 Å². The molecule has 0 aliphatic carbocycles. The molecule has 7 nitrogen and oxygen atoms in total. The van der Waals surface area contributed by atoms with Crippen LogP contribution in [-0.2, 0) is 0 Å². The van der Waals surface area contributed by atoms with Crippen molar-refractivity contribution >= 4 is 39.4 Å². The average molecular weight is 480 g/mol. The smallest absolute Gasteiger partial charge is 0.283 e. The summed E-state index contributed by atoms with van der Waals surface area (Å²) in [5.41, 5.74) is 13.7. The van der Waals surface area contributed by atoms with Crippen molar-refractivity contribution in [3.63, 3.8) is 0 Å². The second-order valence-electron chi connectivity index (χ2n) is 7.65. The van der Waals surface area contributed by atoms with Crippen molar-refractivity contribution in [1.82, 2.24) is 15.6 Å². The van der Waals surface area contributed by atoms with Crippen molar-refractivity contribution in [1.29, 1.82) is 0 Å². The number of benzene rings is 3. The van der Waals surface area contributed by atoms with Gasteiger partial charge in [0.25, 0.3) is 5.91 Å². The predicted molar refractivity (Wildman–Crippen MR) is 141 cm³/mol. The second-order valence-corrected chi connectivity index (χ2v) is 8.65. The maximum absolute atomic E-state index is 13.0. The molecule has 172 valence electrons. The highest BCUT2D eigenvalue weighted by Crippen LogP contribution is 2.42. The molecule has 5 aromatic rings. The summed E-state index contributed by atoms with van der Waals surface area (Å²) in [6.07, 6.45) is 1.56. The number of carbonyl (C=O) groups is 1. The Labute approximate surface area is 205 Å². The number of nitrogens with zero attached hydrogens (tertiary/aromatic N) is 3. The number of fused-ring (bicyclic) bond motifs is 1. The van der Waals surface area contributed by atoms with Gasteiger partial charge in [0, 0.05) is 16.5 Å². The number of anilines is 1.